The van der Waals surface area contributed by atoms with Crippen molar-refractivity contribution in [3.05, 3.63) is 59.1 Å². The number of hydrogen-bond acceptors (Lipinski definition) is 6. The molecule has 2 aromatic carbocycles. The second kappa shape index (κ2) is 8.36. The first-order valence-electron chi connectivity index (χ1n) is 11.0. The van der Waals surface area contributed by atoms with Gasteiger partial charge in [-0.15, -0.1) is 0 Å². The number of hydrogen-bond donors (Lipinski definition) is 1. The molecule has 0 saturated carbocycles. The van der Waals surface area contributed by atoms with Crippen molar-refractivity contribution >= 4 is 45.2 Å². The lowest BCUT2D eigenvalue weighted by Crippen LogP contribution is -2.41. The highest BCUT2D eigenvalue weighted by Crippen LogP contribution is 2.38. The molecule has 0 atom stereocenters. The van der Waals surface area contributed by atoms with Crippen LogP contribution in [0.3, 0.4) is 0 Å². The van der Waals surface area contributed by atoms with Gasteiger partial charge in [-0.2, -0.15) is 0 Å². The molecule has 3 aromatic rings. The Morgan fingerprint density at radius 3 is 2.17 bits per heavy atom. The van der Waals surface area contributed by atoms with Gasteiger partial charge in [-0.25, -0.2) is 12.8 Å². The molecule has 0 spiro atoms. The highest BCUT2D eigenvalue weighted by Gasteiger charge is 2.52. The Balaban J connectivity index is 1.93. The number of nitrogens with zero attached hydrogens (tertiary/aromatic N) is 1. The van der Waals surface area contributed by atoms with E-state index in [0.717, 1.165) is 10.6 Å². The normalized spacial score (nSPS) is 17.2. The minimum Gasteiger partial charge on any atom is -0.460 e. The molecule has 1 aliphatic heterocycles. The average molecular weight is 502 g/mol. The van der Waals surface area contributed by atoms with Crippen molar-refractivity contribution in [1.29, 1.82) is 0 Å². The van der Waals surface area contributed by atoms with Gasteiger partial charge in [0.15, 0.2) is 0 Å². The molecular weight excluding hydrogens is 474 g/mol. The lowest BCUT2D eigenvalue weighted by molar-refractivity contribution is 0.00578. The van der Waals surface area contributed by atoms with E-state index in [0.29, 0.717) is 16.4 Å². The van der Waals surface area contributed by atoms with E-state index in [1.54, 1.807) is 18.2 Å². The van der Waals surface area contributed by atoms with Crippen molar-refractivity contribution in [3.63, 3.8) is 0 Å². The Hall–Kier alpha value is -2.89. The third kappa shape index (κ3) is 4.55. The summed E-state index contributed by atoms with van der Waals surface area (Å²) in [6, 6.07) is 8.98. The Morgan fingerprint density at radius 2 is 1.66 bits per heavy atom. The van der Waals surface area contributed by atoms with Crippen LogP contribution in [0, 0.1) is 5.82 Å². The molecule has 1 amide bonds. The fraction of sp³-hybridized carbons (Fsp3) is 0.375. The van der Waals surface area contributed by atoms with Crippen LogP contribution in [-0.4, -0.2) is 45.9 Å². The summed E-state index contributed by atoms with van der Waals surface area (Å²) in [5.74, 6) is -0.794. The third-order valence-corrected chi connectivity index (χ3v) is 7.97. The number of anilines is 1. The van der Waals surface area contributed by atoms with E-state index < -0.39 is 34.3 Å². The second-order valence-corrected chi connectivity index (χ2v) is 11.8. The van der Waals surface area contributed by atoms with E-state index in [2.05, 4.69) is 0 Å². The predicted octanol–water partition coefficient (Wildman–Crippen LogP) is 2.96. The molecule has 35 heavy (non-hydrogen) atoms. The van der Waals surface area contributed by atoms with Crippen LogP contribution in [0.15, 0.2) is 40.8 Å². The van der Waals surface area contributed by atoms with Crippen molar-refractivity contribution in [2.75, 3.05) is 17.6 Å². The quantitative estimate of drug-likeness (QED) is 0.519. The van der Waals surface area contributed by atoms with Crippen LogP contribution in [0.25, 0.3) is 11.0 Å². The van der Waals surface area contributed by atoms with E-state index in [1.807, 2.05) is 27.7 Å². The fourth-order valence-electron chi connectivity index (χ4n) is 3.99. The maximum Gasteiger partial charge on any atom is 0.497 e. The van der Waals surface area contributed by atoms with E-state index in [9.17, 15) is 17.6 Å². The molecule has 1 aromatic heterocycles. The highest BCUT2D eigenvalue weighted by molar-refractivity contribution is 7.92. The van der Waals surface area contributed by atoms with Gasteiger partial charge >= 0.3 is 7.12 Å². The van der Waals surface area contributed by atoms with Gasteiger partial charge in [-0.1, -0.05) is 12.1 Å². The van der Waals surface area contributed by atoms with Crippen LogP contribution in [0.5, 0.6) is 0 Å². The summed E-state index contributed by atoms with van der Waals surface area (Å²) in [6.07, 6.45) is 1.28. The number of fused-ring (bicyclic) bond motifs is 1. The molecule has 0 unspecified atom stereocenters. The van der Waals surface area contributed by atoms with Gasteiger partial charge in [0, 0.05) is 30.4 Å². The fourth-order valence-corrected chi connectivity index (χ4v) is 4.51. The molecular formula is C24H28BFN2O6S. The lowest BCUT2D eigenvalue weighted by atomic mass is 9.77. The monoisotopic (exact) mass is 502 g/mol. The molecule has 186 valence electrons. The number of rotatable bonds is 6. The molecule has 0 radical (unpaired) electrons. The van der Waals surface area contributed by atoms with Gasteiger partial charge in [0.25, 0.3) is 5.91 Å². The summed E-state index contributed by atoms with van der Waals surface area (Å²) < 4.78 is 57.7. The van der Waals surface area contributed by atoms with Crippen LogP contribution in [0.1, 0.15) is 49.4 Å². The Kier molecular flexibility index (Phi) is 6.02. The van der Waals surface area contributed by atoms with Crippen LogP contribution in [0.4, 0.5) is 10.1 Å². The molecule has 2 heterocycles. The zero-order chi connectivity index (χ0) is 25.9. The van der Waals surface area contributed by atoms with Gasteiger partial charge in [-0.3, -0.25) is 9.10 Å². The first-order valence-corrected chi connectivity index (χ1v) is 12.9. The highest BCUT2D eigenvalue weighted by atomic mass is 32.2. The number of furan rings is 1. The molecule has 8 nitrogen and oxygen atoms in total. The van der Waals surface area contributed by atoms with Crippen molar-refractivity contribution in [1.82, 2.24) is 0 Å². The van der Waals surface area contributed by atoms with Crippen molar-refractivity contribution < 1.29 is 31.3 Å². The minimum absolute atomic E-state index is 0.163. The number of sulfonamides is 1. The number of benzene rings is 2. The molecule has 0 bridgehead atoms. The summed E-state index contributed by atoms with van der Waals surface area (Å²) in [5.41, 5.74) is 6.24. The Labute approximate surface area is 204 Å². The molecule has 1 aliphatic rings. The first-order chi connectivity index (χ1) is 16.1. The number of nitrogens with two attached hydrogens (primary N) is 1. The molecule has 4 rings (SSSR count). The van der Waals surface area contributed by atoms with E-state index >= 15 is 0 Å². The minimum atomic E-state index is -3.65. The second-order valence-electron chi connectivity index (χ2n) is 9.79. The topological polar surface area (TPSA) is 112 Å². The van der Waals surface area contributed by atoms with Crippen molar-refractivity contribution in [2.24, 2.45) is 5.73 Å². The van der Waals surface area contributed by atoms with Gasteiger partial charge < -0.3 is 19.5 Å². The molecule has 1 saturated heterocycles. The third-order valence-electron chi connectivity index (χ3n) is 6.78. The van der Waals surface area contributed by atoms with Crippen molar-refractivity contribution in [2.45, 2.75) is 45.3 Å². The van der Waals surface area contributed by atoms with E-state index in [-0.39, 0.29) is 34.8 Å². The molecule has 11 heteroatoms. The zero-order valence-corrected chi connectivity index (χ0v) is 21.3. The van der Waals surface area contributed by atoms with Crippen LogP contribution in [-0.2, 0) is 25.8 Å². The lowest BCUT2D eigenvalue weighted by Gasteiger charge is -2.32. The van der Waals surface area contributed by atoms with E-state index in [4.69, 9.17) is 19.5 Å². The van der Waals surface area contributed by atoms with Crippen molar-refractivity contribution in [3.8, 4) is 0 Å². The number of amides is 1. The number of halogens is 1. The Morgan fingerprint density at radius 1 is 1.09 bits per heavy atom. The maximum atomic E-state index is 13.3. The summed E-state index contributed by atoms with van der Waals surface area (Å²) in [7, 11) is -3.14. The first kappa shape index (κ1) is 25.2. The van der Waals surface area contributed by atoms with Crippen LogP contribution < -0.4 is 15.5 Å². The number of primary amides is 1. The van der Waals surface area contributed by atoms with Gasteiger partial charge in [0.2, 0.25) is 10.0 Å². The molecule has 1 fully saturated rings. The number of carbonyl (C=O) groups is 1. The summed E-state index contributed by atoms with van der Waals surface area (Å²) >= 11 is 0. The smallest absolute Gasteiger partial charge is 0.460 e. The van der Waals surface area contributed by atoms with Crippen LogP contribution >= 0.6 is 0 Å². The summed E-state index contributed by atoms with van der Waals surface area (Å²) in [5, 5.41) is 0.407. The largest absolute Gasteiger partial charge is 0.497 e. The predicted molar refractivity (Wildman–Crippen MR) is 133 cm³/mol. The van der Waals surface area contributed by atoms with Gasteiger partial charge in [0.1, 0.15) is 17.2 Å². The summed E-state index contributed by atoms with van der Waals surface area (Å²) in [4.78, 5) is 12.5. The standard InChI is InChI=1S/C24H28BFN2O6S/c1-23(2)24(3,4)34-25(33-23)17-12-16-19(13-18(17)28(5)35(6,30)31)32-20(21(16)22(27)29)11-14-7-9-15(26)10-8-14/h7-10,12-13H,11H2,1-6H3,(H2,27,29). The number of carbonyl (C=O) groups excluding carboxylic acids is 1. The maximum absolute atomic E-state index is 13.3. The molecule has 2 N–H and O–H groups in total. The van der Waals surface area contributed by atoms with E-state index in [1.165, 1.54) is 25.2 Å². The average Bonchev–Trinajstić information content (AvgIpc) is 3.19. The van der Waals surface area contributed by atoms with Crippen LogP contribution in [0.2, 0.25) is 0 Å². The Bertz CT molecular complexity index is 1400. The SMILES string of the molecule is CN(c1cc2oc(Cc3ccc(F)cc3)c(C(N)=O)c2cc1B1OC(C)(C)C(C)(C)O1)S(C)(=O)=O. The molecule has 0 aliphatic carbocycles. The van der Waals surface area contributed by atoms with Gasteiger partial charge in [-0.05, 0) is 51.5 Å². The van der Waals surface area contributed by atoms with Gasteiger partial charge in [0.05, 0.1) is 28.7 Å². The zero-order valence-electron chi connectivity index (χ0n) is 20.5. The summed E-state index contributed by atoms with van der Waals surface area (Å²) in [6.45, 7) is 7.55.